The minimum atomic E-state index is -0.958. The predicted octanol–water partition coefficient (Wildman–Crippen LogP) is 2.23. The van der Waals surface area contributed by atoms with Gasteiger partial charge in [0, 0.05) is 18.7 Å². The van der Waals surface area contributed by atoms with E-state index in [9.17, 15) is 9.90 Å². The molecule has 0 spiro atoms. The molecule has 0 radical (unpaired) electrons. The van der Waals surface area contributed by atoms with Gasteiger partial charge in [0.05, 0.1) is 30.0 Å². The van der Waals surface area contributed by atoms with E-state index in [0.717, 1.165) is 30.0 Å². The van der Waals surface area contributed by atoms with Crippen LogP contribution in [0.1, 0.15) is 10.4 Å². The van der Waals surface area contributed by atoms with Crippen LogP contribution in [0.4, 0.5) is 5.82 Å². The highest BCUT2D eigenvalue weighted by molar-refractivity contribution is 5.90. The SMILES string of the molecule is O=C(O)c1cccc(-c2ccc3ncnc(N4CCOCC4)c3n2)c1. The minimum Gasteiger partial charge on any atom is -0.478 e. The van der Waals surface area contributed by atoms with E-state index in [4.69, 9.17) is 9.72 Å². The summed E-state index contributed by atoms with van der Waals surface area (Å²) in [5, 5.41) is 9.18. The number of ether oxygens (including phenoxy) is 1. The lowest BCUT2D eigenvalue weighted by Crippen LogP contribution is -2.37. The first-order chi connectivity index (χ1) is 12.2. The quantitative estimate of drug-likeness (QED) is 0.784. The van der Waals surface area contributed by atoms with Crippen LogP contribution < -0.4 is 4.90 Å². The average Bonchev–Trinajstić information content (AvgIpc) is 2.68. The number of nitrogens with zero attached hydrogens (tertiary/aromatic N) is 4. The highest BCUT2D eigenvalue weighted by Gasteiger charge is 2.17. The van der Waals surface area contributed by atoms with E-state index in [1.165, 1.54) is 0 Å². The van der Waals surface area contributed by atoms with Gasteiger partial charge in [-0.15, -0.1) is 0 Å². The summed E-state index contributed by atoms with van der Waals surface area (Å²) in [6.45, 7) is 2.83. The van der Waals surface area contributed by atoms with Crippen molar-refractivity contribution in [2.45, 2.75) is 0 Å². The Morgan fingerprint density at radius 2 is 1.96 bits per heavy atom. The van der Waals surface area contributed by atoms with Crippen LogP contribution in [0.25, 0.3) is 22.3 Å². The van der Waals surface area contributed by atoms with Gasteiger partial charge in [-0.3, -0.25) is 0 Å². The lowest BCUT2D eigenvalue weighted by Gasteiger charge is -2.28. The zero-order valence-electron chi connectivity index (χ0n) is 13.4. The highest BCUT2D eigenvalue weighted by atomic mass is 16.5. The average molecular weight is 336 g/mol. The maximum atomic E-state index is 11.2. The Hall–Kier alpha value is -3.06. The Morgan fingerprint density at radius 3 is 2.76 bits per heavy atom. The van der Waals surface area contributed by atoms with Crippen molar-refractivity contribution in [3.8, 4) is 11.3 Å². The third-order valence-electron chi connectivity index (χ3n) is 4.18. The molecule has 1 saturated heterocycles. The van der Waals surface area contributed by atoms with Gasteiger partial charge in [0.2, 0.25) is 0 Å². The zero-order valence-corrected chi connectivity index (χ0v) is 13.4. The Kier molecular flexibility index (Phi) is 3.99. The third-order valence-corrected chi connectivity index (χ3v) is 4.18. The molecule has 1 fully saturated rings. The smallest absolute Gasteiger partial charge is 0.335 e. The molecular weight excluding hydrogens is 320 g/mol. The molecule has 1 N–H and O–H groups in total. The second-order valence-electron chi connectivity index (χ2n) is 5.75. The van der Waals surface area contributed by atoms with Crippen LogP contribution >= 0.6 is 0 Å². The molecule has 0 amide bonds. The molecule has 0 saturated carbocycles. The second-order valence-corrected chi connectivity index (χ2v) is 5.75. The molecule has 2 aromatic heterocycles. The minimum absolute atomic E-state index is 0.233. The number of hydrogen-bond donors (Lipinski definition) is 1. The van der Waals surface area contributed by atoms with Crippen LogP contribution in [0.15, 0.2) is 42.7 Å². The van der Waals surface area contributed by atoms with Crippen molar-refractivity contribution in [3.05, 3.63) is 48.3 Å². The molecule has 25 heavy (non-hydrogen) atoms. The normalized spacial score (nSPS) is 14.6. The molecule has 4 rings (SSSR count). The molecule has 0 aliphatic carbocycles. The summed E-state index contributed by atoms with van der Waals surface area (Å²) in [6.07, 6.45) is 1.54. The van der Waals surface area contributed by atoms with Crippen LogP contribution in [-0.2, 0) is 4.74 Å². The largest absolute Gasteiger partial charge is 0.478 e. The van der Waals surface area contributed by atoms with Crippen molar-refractivity contribution in [1.82, 2.24) is 15.0 Å². The van der Waals surface area contributed by atoms with E-state index >= 15 is 0 Å². The first kappa shape index (κ1) is 15.5. The van der Waals surface area contributed by atoms with Crippen LogP contribution in [0.2, 0.25) is 0 Å². The summed E-state index contributed by atoms with van der Waals surface area (Å²) in [6, 6.07) is 10.5. The van der Waals surface area contributed by atoms with Gasteiger partial charge >= 0.3 is 5.97 Å². The number of carboxylic acid groups (broad SMARTS) is 1. The van der Waals surface area contributed by atoms with Crippen LogP contribution in [0.3, 0.4) is 0 Å². The summed E-state index contributed by atoms with van der Waals surface area (Å²) in [7, 11) is 0. The monoisotopic (exact) mass is 336 g/mol. The maximum absolute atomic E-state index is 11.2. The third kappa shape index (κ3) is 3.01. The van der Waals surface area contributed by atoms with E-state index in [0.29, 0.717) is 24.4 Å². The molecule has 126 valence electrons. The fraction of sp³-hybridized carbons (Fsp3) is 0.222. The van der Waals surface area contributed by atoms with Crippen molar-refractivity contribution in [2.75, 3.05) is 31.2 Å². The van der Waals surface area contributed by atoms with Crippen LogP contribution in [0, 0.1) is 0 Å². The number of pyridine rings is 1. The topological polar surface area (TPSA) is 88.4 Å². The number of benzene rings is 1. The summed E-state index contributed by atoms with van der Waals surface area (Å²) < 4.78 is 5.40. The predicted molar refractivity (Wildman–Crippen MR) is 92.8 cm³/mol. The van der Waals surface area contributed by atoms with Gasteiger partial charge in [0.15, 0.2) is 5.82 Å². The standard InChI is InChI=1S/C18H16N4O3/c23-18(24)13-3-1-2-12(10-13)14-4-5-15-16(21-14)17(20-11-19-15)22-6-8-25-9-7-22/h1-5,10-11H,6-9H2,(H,23,24). The lowest BCUT2D eigenvalue weighted by molar-refractivity contribution is 0.0697. The van der Waals surface area contributed by atoms with Gasteiger partial charge in [0.1, 0.15) is 11.8 Å². The number of aromatic nitrogens is 3. The Labute approximate surface area is 143 Å². The number of carbonyl (C=O) groups is 1. The molecule has 7 heteroatoms. The van der Waals surface area contributed by atoms with Crippen molar-refractivity contribution in [3.63, 3.8) is 0 Å². The Morgan fingerprint density at radius 1 is 1.12 bits per heavy atom. The summed E-state index contributed by atoms with van der Waals surface area (Å²) >= 11 is 0. The second kappa shape index (κ2) is 6.45. The van der Waals surface area contributed by atoms with E-state index in [1.807, 2.05) is 18.2 Å². The summed E-state index contributed by atoms with van der Waals surface area (Å²) in [4.78, 5) is 26.8. The molecule has 1 aromatic carbocycles. The number of hydrogen-bond acceptors (Lipinski definition) is 6. The number of morpholine rings is 1. The van der Waals surface area contributed by atoms with Crippen molar-refractivity contribution in [2.24, 2.45) is 0 Å². The molecule has 0 atom stereocenters. The van der Waals surface area contributed by atoms with Crippen molar-refractivity contribution >= 4 is 22.8 Å². The summed E-state index contributed by atoms with van der Waals surface area (Å²) in [5.74, 6) is -0.176. The lowest BCUT2D eigenvalue weighted by atomic mass is 10.1. The molecule has 1 aliphatic heterocycles. The molecule has 0 bridgehead atoms. The summed E-state index contributed by atoms with van der Waals surface area (Å²) in [5.41, 5.74) is 3.15. The fourth-order valence-corrected chi connectivity index (χ4v) is 2.91. The first-order valence-corrected chi connectivity index (χ1v) is 8.00. The molecule has 7 nitrogen and oxygen atoms in total. The number of fused-ring (bicyclic) bond motifs is 1. The molecule has 3 aromatic rings. The number of aromatic carboxylic acids is 1. The number of anilines is 1. The highest BCUT2D eigenvalue weighted by Crippen LogP contribution is 2.26. The van der Waals surface area contributed by atoms with Gasteiger partial charge in [-0.2, -0.15) is 0 Å². The van der Waals surface area contributed by atoms with Gasteiger partial charge < -0.3 is 14.7 Å². The first-order valence-electron chi connectivity index (χ1n) is 8.00. The Bertz CT molecular complexity index is 939. The molecule has 3 heterocycles. The maximum Gasteiger partial charge on any atom is 0.335 e. The van der Waals surface area contributed by atoms with E-state index < -0.39 is 5.97 Å². The van der Waals surface area contributed by atoms with Crippen LogP contribution in [-0.4, -0.2) is 52.3 Å². The van der Waals surface area contributed by atoms with Gasteiger partial charge in [0.25, 0.3) is 0 Å². The van der Waals surface area contributed by atoms with Crippen molar-refractivity contribution < 1.29 is 14.6 Å². The van der Waals surface area contributed by atoms with Crippen LogP contribution in [0.5, 0.6) is 0 Å². The van der Waals surface area contributed by atoms with Gasteiger partial charge in [-0.1, -0.05) is 12.1 Å². The van der Waals surface area contributed by atoms with E-state index in [-0.39, 0.29) is 5.56 Å². The molecule has 0 unspecified atom stereocenters. The Balaban J connectivity index is 1.81. The fourth-order valence-electron chi connectivity index (χ4n) is 2.91. The molecule has 1 aliphatic rings. The number of rotatable bonds is 3. The number of carboxylic acids is 1. The van der Waals surface area contributed by atoms with Gasteiger partial charge in [-0.05, 0) is 24.3 Å². The van der Waals surface area contributed by atoms with E-state index in [2.05, 4.69) is 14.9 Å². The van der Waals surface area contributed by atoms with E-state index in [1.54, 1.807) is 24.5 Å². The zero-order chi connectivity index (χ0) is 17.2. The van der Waals surface area contributed by atoms with Gasteiger partial charge in [-0.25, -0.2) is 19.7 Å². The molecular formula is C18H16N4O3. The van der Waals surface area contributed by atoms with Crippen molar-refractivity contribution in [1.29, 1.82) is 0 Å².